The van der Waals surface area contributed by atoms with Crippen molar-refractivity contribution in [2.75, 3.05) is 6.54 Å². The Bertz CT molecular complexity index is 483. The predicted molar refractivity (Wildman–Crippen MR) is 114 cm³/mol. The predicted octanol–water partition coefficient (Wildman–Crippen LogP) is 3.91. The molecular weight excluding hydrogens is 362 g/mol. The van der Waals surface area contributed by atoms with Crippen LogP contribution in [-0.2, 0) is 13.9 Å². The molecular formula is C20H37N3O3S. The maximum Gasteiger partial charge on any atom is 0.287 e. The van der Waals surface area contributed by atoms with Crippen molar-refractivity contribution in [2.45, 2.75) is 90.1 Å². The number of amides is 1. The fourth-order valence-corrected chi connectivity index (χ4v) is 3.56. The Kier molecular flexibility index (Phi) is 14.2. The first-order chi connectivity index (χ1) is 13.1. The number of carbonyl (C=O) groups excluding carboxylic acids is 2. The maximum atomic E-state index is 11.6. The Balaban J connectivity index is 1.85. The number of Topliss-reactive ketones (excluding diaryl/α,β-unsaturated/α-hetero) is 1. The number of allylic oxidation sites excluding steroid dienone is 2. The van der Waals surface area contributed by atoms with Gasteiger partial charge in [0.25, 0.3) is 5.91 Å². The van der Waals surface area contributed by atoms with Crippen molar-refractivity contribution in [2.24, 2.45) is 0 Å². The molecule has 1 aliphatic heterocycles. The zero-order valence-electron chi connectivity index (χ0n) is 16.8. The molecule has 1 amide bonds. The molecule has 0 bridgehead atoms. The quantitative estimate of drug-likeness (QED) is 0.159. The molecule has 0 radical (unpaired) electrons. The lowest BCUT2D eigenvalue weighted by Crippen LogP contribution is -2.31. The first-order valence-corrected chi connectivity index (χ1v) is 11.6. The second kappa shape index (κ2) is 16.0. The summed E-state index contributed by atoms with van der Waals surface area (Å²) in [5, 5.41) is 2.73. The molecule has 7 heteroatoms. The number of unbranched alkanes of at least 4 members (excludes halogenated alkanes) is 7. The van der Waals surface area contributed by atoms with Crippen molar-refractivity contribution < 1.29 is 13.9 Å². The SMILES string of the molecule is C=S1NC(CCCCC/C=C/CCCCNC(=O)C(=O)CCCCC)NO1. The van der Waals surface area contributed by atoms with Gasteiger partial charge < -0.3 is 5.32 Å². The van der Waals surface area contributed by atoms with Gasteiger partial charge in [0.05, 0.1) is 6.17 Å². The van der Waals surface area contributed by atoms with Gasteiger partial charge >= 0.3 is 0 Å². The molecule has 1 rings (SSSR count). The van der Waals surface area contributed by atoms with Crippen molar-refractivity contribution in [1.29, 1.82) is 0 Å². The molecule has 2 atom stereocenters. The van der Waals surface area contributed by atoms with Crippen molar-refractivity contribution in [3.05, 3.63) is 12.2 Å². The minimum Gasteiger partial charge on any atom is -0.350 e. The monoisotopic (exact) mass is 399 g/mol. The Morgan fingerprint density at radius 1 is 1.07 bits per heavy atom. The van der Waals surface area contributed by atoms with E-state index in [0.29, 0.717) is 13.0 Å². The molecule has 6 nitrogen and oxygen atoms in total. The lowest BCUT2D eigenvalue weighted by Gasteiger charge is -2.06. The molecule has 1 fully saturated rings. The highest BCUT2D eigenvalue weighted by molar-refractivity contribution is 8.08. The highest BCUT2D eigenvalue weighted by atomic mass is 32.2. The molecule has 1 saturated heterocycles. The third-order valence-corrected chi connectivity index (χ3v) is 5.28. The summed E-state index contributed by atoms with van der Waals surface area (Å²) in [6, 6.07) is 0. The van der Waals surface area contributed by atoms with Crippen LogP contribution in [0.15, 0.2) is 12.2 Å². The number of hydroxylamine groups is 1. The van der Waals surface area contributed by atoms with Crippen LogP contribution < -0.4 is 15.5 Å². The van der Waals surface area contributed by atoms with Gasteiger partial charge in [0.2, 0.25) is 5.78 Å². The van der Waals surface area contributed by atoms with Crippen LogP contribution in [0.4, 0.5) is 0 Å². The van der Waals surface area contributed by atoms with Crippen LogP contribution >= 0.6 is 11.0 Å². The molecule has 2 unspecified atom stereocenters. The van der Waals surface area contributed by atoms with E-state index in [1.165, 1.54) is 19.3 Å². The topological polar surface area (TPSA) is 79.5 Å². The van der Waals surface area contributed by atoms with Crippen molar-refractivity contribution in [3.63, 3.8) is 0 Å². The first kappa shape index (κ1) is 24.0. The summed E-state index contributed by atoms with van der Waals surface area (Å²) in [5.41, 5.74) is 2.95. The molecule has 0 saturated carbocycles. The van der Waals surface area contributed by atoms with E-state index in [1.807, 2.05) is 0 Å². The molecule has 1 heterocycles. The van der Waals surface area contributed by atoms with Crippen molar-refractivity contribution in [3.8, 4) is 0 Å². The minimum absolute atomic E-state index is 0.244. The molecule has 156 valence electrons. The standard InChI is InChI=1S/C20H37N3O3S/c1-3-4-12-15-18(24)20(25)21-17-14-11-9-7-5-6-8-10-13-16-19-22-26-27(2)23-19/h5,7,19,22-23H,2-4,6,8-17H2,1H3,(H,21,25)/b7-5+. The van der Waals surface area contributed by atoms with Gasteiger partial charge in [-0.05, 0) is 50.8 Å². The highest BCUT2D eigenvalue weighted by Gasteiger charge is 2.15. The summed E-state index contributed by atoms with van der Waals surface area (Å²) < 4.78 is 8.40. The third-order valence-electron chi connectivity index (χ3n) is 4.44. The number of hydrogen-bond acceptors (Lipinski definition) is 5. The number of hydrogen-bond donors (Lipinski definition) is 3. The lowest BCUT2D eigenvalue weighted by atomic mass is 10.1. The van der Waals surface area contributed by atoms with E-state index in [4.69, 9.17) is 4.28 Å². The summed E-state index contributed by atoms with van der Waals surface area (Å²) in [4.78, 5) is 23.2. The lowest BCUT2D eigenvalue weighted by molar-refractivity contribution is -0.138. The Morgan fingerprint density at radius 3 is 2.48 bits per heavy atom. The normalized spacial score (nSPS) is 19.6. The molecule has 0 spiro atoms. The number of nitrogens with one attached hydrogen (secondary N) is 3. The van der Waals surface area contributed by atoms with Crippen LogP contribution in [0.2, 0.25) is 0 Å². The van der Waals surface area contributed by atoms with Gasteiger partial charge in [0.1, 0.15) is 0 Å². The fourth-order valence-electron chi connectivity index (χ4n) is 2.80. The maximum absolute atomic E-state index is 11.6. The van der Waals surface area contributed by atoms with Crippen LogP contribution in [0.3, 0.4) is 0 Å². The summed E-state index contributed by atoms with van der Waals surface area (Å²) >= 11 is 0. The van der Waals surface area contributed by atoms with E-state index in [9.17, 15) is 9.59 Å². The zero-order valence-corrected chi connectivity index (χ0v) is 17.6. The van der Waals surface area contributed by atoms with Crippen LogP contribution in [0, 0.1) is 0 Å². The van der Waals surface area contributed by atoms with E-state index in [-0.39, 0.29) is 22.9 Å². The average molecular weight is 400 g/mol. The van der Waals surface area contributed by atoms with Gasteiger partial charge in [0, 0.05) is 23.9 Å². The van der Waals surface area contributed by atoms with Gasteiger partial charge in [0.15, 0.2) is 0 Å². The van der Waals surface area contributed by atoms with Crippen LogP contribution in [0.25, 0.3) is 0 Å². The highest BCUT2D eigenvalue weighted by Crippen LogP contribution is 2.15. The molecule has 3 N–H and O–H groups in total. The van der Waals surface area contributed by atoms with E-state index < -0.39 is 5.91 Å². The molecule has 27 heavy (non-hydrogen) atoms. The van der Waals surface area contributed by atoms with Crippen molar-refractivity contribution in [1.82, 2.24) is 15.5 Å². The van der Waals surface area contributed by atoms with E-state index in [2.05, 4.69) is 40.5 Å². The molecule has 0 aromatic rings. The molecule has 1 aliphatic rings. The average Bonchev–Trinajstić information content (AvgIpc) is 3.07. The van der Waals surface area contributed by atoms with Gasteiger partial charge in [-0.15, -0.1) is 0 Å². The Labute approximate surface area is 167 Å². The fraction of sp³-hybridized carbons (Fsp3) is 0.750. The van der Waals surface area contributed by atoms with E-state index >= 15 is 0 Å². The summed E-state index contributed by atoms with van der Waals surface area (Å²) in [6.07, 6.45) is 16.7. The Morgan fingerprint density at radius 2 is 1.81 bits per heavy atom. The number of ketones is 1. The van der Waals surface area contributed by atoms with Crippen molar-refractivity contribution >= 4 is 28.5 Å². The van der Waals surface area contributed by atoms with Crippen LogP contribution in [0.5, 0.6) is 0 Å². The second-order valence-electron chi connectivity index (χ2n) is 6.96. The van der Waals surface area contributed by atoms with Crippen LogP contribution in [0.1, 0.15) is 84.0 Å². The van der Waals surface area contributed by atoms with E-state index in [0.717, 1.165) is 51.4 Å². The molecule has 0 aliphatic carbocycles. The van der Waals surface area contributed by atoms with Crippen LogP contribution in [-0.4, -0.2) is 30.3 Å². The van der Waals surface area contributed by atoms with E-state index in [1.54, 1.807) is 0 Å². The number of rotatable bonds is 16. The molecule has 0 aromatic carbocycles. The first-order valence-electron chi connectivity index (χ1n) is 10.3. The van der Waals surface area contributed by atoms with Gasteiger partial charge in [-0.3, -0.25) is 9.59 Å². The largest absolute Gasteiger partial charge is 0.350 e. The summed E-state index contributed by atoms with van der Waals surface area (Å²) in [7, 11) is -0.388. The van der Waals surface area contributed by atoms with Gasteiger partial charge in [-0.25, -0.2) is 9.01 Å². The summed E-state index contributed by atoms with van der Waals surface area (Å²) in [5.74, 6) is 3.12. The van der Waals surface area contributed by atoms with Gasteiger partial charge in [-0.2, -0.15) is 5.48 Å². The third kappa shape index (κ3) is 12.9. The minimum atomic E-state index is -0.414. The Hall–Kier alpha value is -1.02. The second-order valence-corrected chi connectivity index (χ2v) is 8.05. The van der Waals surface area contributed by atoms with Gasteiger partial charge in [-0.1, -0.05) is 44.8 Å². The zero-order chi connectivity index (χ0) is 19.7. The number of carbonyl (C=O) groups is 2. The summed E-state index contributed by atoms with van der Waals surface area (Å²) in [6.45, 7) is 2.67. The molecule has 0 aromatic heterocycles. The smallest absolute Gasteiger partial charge is 0.287 e.